The average Bonchev–Trinajstić information content (AvgIpc) is 2.72. The molecule has 1 aliphatic heterocycles. The number of likely N-dealkylation sites (tertiary alicyclic amines) is 1. The van der Waals surface area contributed by atoms with Gasteiger partial charge in [0.15, 0.2) is 0 Å². The van der Waals surface area contributed by atoms with Crippen molar-refractivity contribution in [3.63, 3.8) is 0 Å². The zero-order valence-electron chi connectivity index (χ0n) is 12.8. The van der Waals surface area contributed by atoms with Crippen LogP contribution in [-0.2, 0) is 22.6 Å². The highest BCUT2D eigenvalue weighted by Crippen LogP contribution is 2.36. The third-order valence-corrected chi connectivity index (χ3v) is 4.63. The summed E-state index contributed by atoms with van der Waals surface area (Å²) >= 11 is 3.44. The molecule has 0 aliphatic carbocycles. The second-order valence-electron chi connectivity index (χ2n) is 6.15. The Bertz CT molecular complexity index is 748. The van der Waals surface area contributed by atoms with Crippen LogP contribution in [0.25, 0.3) is 0 Å². The minimum absolute atomic E-state index is 0.117. The number of rotatable bonds is 4. The molecule has 4 nitrogen and oxygen atoms in total. The van der Waals surface area contributed by atoms with Gasteiger partial charge in [-0.25, -0.2) is 0 Å². The predicted octanol–water partition coefficient (Wildman–Crippen LogP) is 3.35. The van der Waals surface area contributed by atoms with E-state index in [1.54, 1.807) is 6.20 Å². The fourth-order valence-corrected chi connectivity index (χ4v) is 3.44. The first kappa shape index (κ1) is 15.9. The first-order chi connectivity index (χ1) is 11.0. The van der Waals surface area contributed by atoms with Crippen LogP contribution in [0.1, 0.15) is 24.6 Å². The van der Waals surface area contributed by atoms with E-state index in [9.17, 15) is 9.59 Å². The Labute approximate surface area is 143 Å². The molecule has 1 aromatic carbocycles. The van der Waals surface area contributed by atoms with Crippen molar-refractivity contribution in [3.05, 3.63) is 64.4 Å². The Balaban J connectivity index is 1.79. The maximum Gasteiger partial charge on any atom is 0.236 e. The summed E-state index contributed by atoms with van der Waals surface area (Å²) in [7, 11) is 0. The maximum absolute atomic E-state index is 12.8. The lowest BCUT2D eigenvalue weighted by Gasteiger charge is -2.22. The van der Waals surface area contributed by atoms with Crippen molar-refractivity contribution in [2.24, 2.45) is 5.41 Å². The first-order valence-corrected chi connectivity index (χ1v) is 8.26. The van der Waals surface area contributed by atoms with E-state index in [1.807, 2.05) is 49.4 Å². The van der Waals surface area contributed by atoms with E-state index in [-0.39, 0.29) is 24.8 Å². The molecule has 1 atom stereocenters. The standard InChI is InChI=1S/C18H17BrN2O2/c1-18(10-13-5-4-6-14(19)9-13)11-16(22)21(17(18)23)12-15-7-2-3-8-20-15/h2-9H,10-12H2,1H3. The number of halogens is 1. The SMILES string of the molecule is CC1(Cc2cccc(Br)c2)CC(=O)N(Cc2ccccn2)C1=O. The third kappa shape index (κ3) is 3.34. The molecule has 2 aromatic rings. The summed E-state index contributed by atoms with van der Waals surface area (Å²) < 4.78 is 0.973. The number of benzene rings is 1. The number of imide groups is 1. The van der Waals surface area contributed by atoms with Gasteiger partial charge in [0, 0.05) is 17.1 Å². The van der Waals surface area contributed by atoms with Crippen molar-refractivity contribution in [1.29, 1.82) is 0 Å². The second-order valence-corrected chi connectivity index (χ2v) is 7.07. The molecule has 0 bridgehead atoms. The van der Waals surface area contributed by atoms with E-state index in [2.05, 4.69) is 20.9 Å². The van der Waals surface area contributed by atoms with Crippen molar-refractivity contribution in [3.8, 4) is 0 Å². The molecule has 1 fully saturated rings. The molecule has 23 heavy (non-hydrogen) atoms. The Morgan fingerprint density at radius 2 is 2.04 bits per heavy atom. The molecule has 1 saturated heterocycles. The monoisotopic (exact) mass is 372 g/mol. The van der Waals surface area contributed by atoms with E-state index in [1.165, 1.54) is 4.90 Å². The number of amides is 2. The molecule has 3 rings (SSSR count). The molecule has 0 spiro atoms. The molecular weight excluding hydrogens is 356 g/mol. The van der Waals surface area contributed by atoms with Gasteiger partial charge >= 0.3 is 0 Å². The molecule has 1 aliphatic rings. The summed E-state index contributed by atoms with van der Waals surface area (Å²) in [6.45, 7) is 2.11. The minimum Gasteiger partial charge on any atom is -0.276 e. The number of nitrogens with zero attached hydrogens (tertiary/aromatic N) is 2. The van der Waals surface area contributed by atoms with Crippen LogP contribution in [0.2, 0.25) is 0 Å². The van der Waals surface area contributed by atoms with Gasteiger partial charge < -0.3 is 0 Å². The Morgan fingerprint density at radius 3 is 2.74 bits per heavy atom. The van der Waals surface area contributed by atoms with Gasteiger partial charge in [-0.2, -0.15) is 0 Å². The smallest absolute Gasteiger partial charge is 0.236 e. The van der Waals surface area contributed by atoms with Gasteiger partial charge in [-0.15, -0.1) is 0 Å². The lowest BCUT2D eigenvalue weighted by atomic mass is 9.82. The van der Waals surface area contributed by atoms with Crippen LogP contribution in [-0.4, -0.2) is 21.7 Å². The molecule has 118 valence electrons. The lowest BCUT2D eigenvalue weighted by Crippen LogP contribution is -2.35. The predicted molar refractivity (Wildman–Crippen MR) is 90.4 cm³/mol. The quantitative estimate of drug-likeness (QED) is 0.773. The van der Waals surface area contributed by atoms with Gasteiger partial charge in [-0.3, -0.25) is 19.5 Å². The fourth-order valence-electron chi connectivity index (χ4n) is 2.99. The summed E-state index contributed by atoms with van der Waals surface area (Å²) in [5.41, 5.74) is 1.08. The number of carbonyl (C=O) groups excluding carboxylic acids is 2. The first-order valence-electron chi connectivity index (χ1n) is 7.47. The molecule has 0 saturated carbocycles. The molecule has 1 aromatic heterocycles. The largest absolute Gasteiger partial charge is 0.276 e. The highest BCUT2D eigenvalue weighted by molar-refractivity contribution is 9.10. The molecule has 1 unspecified atom stereocenters. The van der Waals surface area contributed by atoms with E-state index in [4.69, 9.17) is 0 Å². The molecule has 2 amide bonds. The number of aromatic nitrogens is 1. The number of hydrogen-bond donors (Lipinski definition) is 0. The van der Waals surface area contributed by atoms with Crippen LogP contribution in [0.4, 0.5) is 0 Å². The van der Waals surface area contributed by atoms with Gasteiger partial charge in [-0.1, -0.05) is 34.1 Å². The Hall–Kier alpha value is -2.01. The van der Waals surface area contributed by atoms with E-state index >= 15 is 0 Å². The van der Waals surface area contributed by atoms with Crippen molar-refractivity contribution in [2.75, 3.05) is 0 Å². The van der Waals surface area contributed by atoms with Gasteiger partial charge in [0.2, 0.25) is 11.8 Å². The highest BCUT2D eigenvalue weighted by Gasteiger charge is 2.48. The zero-order valence-corrected chi connectivity index (χ0v) is 14.4. The number of pyridine rings is 1. The normalized spacial score (nSPS) is 21.0. The summed E-state index contributed by atoms with van der Waals surface area (Å²) in [5, 5.41) is 0. The number of hydrogen-bond acceptors (Lipinski definition) is 3. The maximum atomic E-state index is 12.8. The van der Waals surface area contributed by atoms with Crippen LogP contribution < -0.4 is 0 Å². The molecule has 2 heterocycles. The van der Waals surface area contributed by atoms with Crippen LogP contribution in [0.15, 0.2) is 53.1 Å². The van der Waals surface area contributed by atoms with E-state index < -0.39 is 5.41 Å². The summed E-state index contributed by atoms with van der Waals surface area (Å²) in [6.07, 6.45) is 2.46. The topological polar surface area (TPSA) is 50.3 Å². The van der Waals surface area contributed by atoms with Crippen molar-refractivity contribution >= 4 is 27.7 Å². The number of carbonyl (C=O) groups is 2. The Kier molecular flexibility index (Phi) is 4.31. The van der Waals surface area contributed by atoms with Crippen LogP contribution in [0.5, 0.6) is 0 Å². The van der Waals surface area contributed by atoms with Crippen LogP contribution >= 0.6 is 15.9 Å². The van der Waals surface area contributed by atoms with E-state index in [0.717, 1.165) is 15.7 Å². The fraction of sp³-hybridized carbons (Fsp3) is 0.278. The summed E-state index contributed by atoms with van der Waals surface area (Å²) in [5.74, 6) is -0.244. The molecule has 0 radical (unpaired) electrons. The molecular formula is C18H17BrN2O2. The van der Waals surface area contributed by atoms with Gasteiger partial charge in [-0.05, 0) is 43.2 Å². The van der Waals surface area contributed by atoms with Gasteiger partial charge in [0.05, 0.1) is 17.7 Å². The molecule has 0 N–H and O–H groups in total. The van der Waals surface area contributed by atoms with Gasteiger partial charge in [0.1, 0.15) is 0 Å². The van der Waals surface area contributed by atoms with Crippen molar-refractivity contribution < 1.29 is 9.59 Å². The minimum atomic E-state index is -0.688. The van der Waals surface area contributed by atoms with E-state index in [0.29, 0.717) is 6.42 Å². The summed E-state index contributed by atoms with van der Waals surface area (Å²) in [6, 6.07) is 13.4. The van der Waals surface area contributed by atoms with Gasteiger partial charge in [0.25, 0.3) is 0 Å². The second kappa shape index (κ2) is 6.24. The van der Waals surface area contributed by atoms with Crippen LogP contribution in [0.3, 0.4) is 0 Å². The third-order valence-electron chi connectivity index (χ3n) is 4.13. The summed E-state index contributed by atoms with van der Waals surface area (Å²) in [4.78, 5) is 30.7. The van der Waals surface area contributed by atoms with Crippen molar-refractivity contribution in [2.45, 2.75) is 26.3 Å². The lowest BCUT2D eigenvalue weighted by molar-refractivity contribution is -0.141. The average molecular weight is 373 g/mol. The van der Waals surface area contributed by atoms with Crippen molar-refractivity contribution in [1.82, 2.24) is 9.88 Å². The Morgan fingerprint density at radius 1 is 1.22 bits per heavy atom. The molecule has 5 heteroatoms. The highest BCUT2D eigenvalue weighted by atomic mass is 79.9. The zero-order chi connectivity index (χ0) is 16.4. The van der Waals surface area contributed by atoms with Crippen LogP contribution in [0, 0.1) is 5.41 Å².